The standard InChI is InChI=1S/C10H21NO2/c1-6-11-9(7-8(2)3)10(12-4)13-5/h9-11H,2,6-7H2,1,3-5H3. The third kappa shape index (κ3) is 5.03. The van der Waals surface area contributed by atoms with E-state index >= 15 is 0 Å². The molecule has 0 amide bonds. The summed E-state index contributed by atoms with van der Waals surface area (Å²) in [6.45, 7) is 8.85. The highest BCUT2D eigenvalue weighted by Crippen LogP contribution is 2.09. The molecule has 0 aromatic carbocycles. The van der Waals surface area contributed by atoms with Crippen LogP contribution < -0.4 is 5.32 Å². The van der Waals surface area contributed by atoms with E-state index in [2.05, 4.69) is 18.8 Å². The van der Waals surface area contributed by atoms with Gasteiger partial charge in [-0.3, -0.25) is 0 Å². The summed E-state index contributed by atoms with van der Waals surface area (Å²) in [6.07, 6.45) is 0.678. The minimum Gasteiger partial charge on any atom is -0.354 e. The van der Waals surface area contributed by atoms with E-state index in [1.54, 1.807) is 14.2 Å². The third-order valence-electron chi connectivity index (χ3n) is 1.83. The Morgan fingerprint density at radius 3 is 2.23 bits per heavy atom. The van der Waals surface area contributed by atoms with Gasteiger partial charge in [0.1, 0.15) is 0 Å². The predicted molar refractivity (Wildman–Crippen MR) is 54.7 cm³/mol. The molecule has 3 nitrogen and oxygen atoms in total. The van der Waals surface area contributed by atoms with E-state index in [-0.39, 0.29) is 12.3 Å². The maximum Gasteiger partial charge on any atom is 0.172 e. The molecule has 0 aromatic rings. The monoisotopic (exact) mass is 187 g/mol. The summed E-state index contributed by atoms with van der Waals surface area (Å²) in [5, 5.41) is 3.31. The van der Waals surface area contributed by atoms with Gasteiger partial charge in [0.2, 0.25) is 0 Å². The Morgan fingerprint density at radius 2 is 1.92 bits per heavy atom. The lowest BCUT2D eigenvalue weighted by Crippen LogP contribution is -2.42. The van der Waals surface area contributed by atoms with Gasteiger partial charge in [0.15, 0.2) is 6.29 Å². The van der Waals surface area contributed by atoms with Crippen LogP contribution in [0.2, 0.25) is 0 Å². The van der Waals surface area contributed by atoms with Gasteiger partial charge in [-0.15, -0.1) is 6.58 Å². The van der Waals surface area contributed by atoms with Gasteiger partial charge in [-0.1, -0.05) is 12.5 Å². The zero-order valence-corrected chi connectivity index (χ0v) is 9.09. The van der Waals surface area contributed by atoms with Crippen molar-refractivity contribution in [2.45, 2.75) is 32.6 Å². The topological polar surface area (TPSA) is 30.5 Å². The summed E-state index contributed by atoms with van der Waals surface area (Å²) in [6, 6.07) is 0.192. The van der Waals surface area contributed by atoms with Crippen LogP contribution in [0.5, 0.6) is 0 Å². The lowest BCUT2D eigenvalue weighted by atomic mass is 10.1. The molecule has 0 aromatic heterocycles. The Labute approximate surface area is 81.1 Å². The first-order chi connectivity index (χ1) is 6.15. The van der Waals surface area contributed by atoms with Gasteiger partial charge in [-0.05, 0) is 19.9 Å². The molecule has 0 aliphatic rings. The molecule has 1 N–H and O–H groups in total. The molecule has 0 aliphatic heterocycles. The fraction of sp³-hybridized carbons (Fsp3) is 0.800. The van der Waals surface area contributed by atoms with Crippen molar-refractivity contribution in [3.05, 3.63) is 12.2 Å². The zero-order valence-electron chi connectivity index (χ0n) is 9.09. The average molecular weight is 187 g/mol. The molecule has 0 rings (SSSR count). The summed E-state index contributed by atoms with van der Waals surface area (Å²) >= 11 is 0. The Bertz CT molecular complexity index is 144. The van der Waals surface area contributed by atoms with Gasteiger partial charge in [-0.2, -0.15) is 0 Å². The highest BCUT2D eigenvalue weighted by atomic mass is 16.7. The van der Waals surface area contributed by atoms with Crippen molar-refractivity contribution in [1.29, 1.82) is 0 Å². The molecule has 13 heavy (non-hydrogen) atoms. The van der Waals surface area contributed by atoms with E-state index in [9.17, 15) is 0 Å². The summed E-state index contributed by atoms with van der Waals surface area (Å²) in [5.74, 6) is 0. The van der Waals surface area contributed by atoms with Crippen LogP contribution in [-0.4, -0.2) is 33.1 Å². The Morgan fingerprint density at radius 1 is 1.38 bits per heavy atom. The molecule has 0 fully saturated rings. The molecule has 0 radical (unpaired) electrons. The smallest absolute Gasteiger partial charge is 0.172 e. The van der Waals surface area contributed by atoms with Gasteiger partial charge in [0.25, 0.3) is 0 Å². The number of ether oxygens (including phenoxy) is 2. The molecule has 3 heteroatoms. The summed E-state index contributed by atoms with van der Waals surface area (Å²) < 4.78 is 10.4. The number of methoxy groups -OCH3 is 2. The first-order valence-corrected chi connectivity index (χ1v) is 4.59. The summed E-state index contributed by atoms with van der Waals surface area (Å²) in [7, 11) is 3.30. The van der Waals surface area contributed by atoms with Crippen LogP contribution in [0.15, 0.2) is 12.2 Å². The number of hydrogen-bond acceptors (Lipinski definition) is 3. The van der Waals surface area contributed by atoms with Crippen molar-refractivity contribution < 1.29 is 9.47 Å². The van der Waals surface area contributed by atoms with Crippen LogP contribution in [-0.2, 0) is 9.47 Å². The number of hydrogen-bond donors (Lipinski definition) is 1. The Kier molecular flexibility index (Phi) is 6.86. The number of likely N-dealkylation sites (N-methyl/N-ethyl adjacent to an activating group) is 1. The van der Waals surface area contributed by atoms with Gasteiger partial charge in [-0.25, -0.2) is 0 Å². The SMILES string of the molecule is C=C(C)CC(NCC)C(OC)OC. The molecule has 0 spiro atoms. The quantitative estimate of drug-likeness (QED) is 0.484. The second-order valence-corrected chi connectivity index (χ2v) is 3.17. The largest absolute Gasteiger partial charge is 0.354 e. The molecule has 1 atom stereocenters. The van der Waals surface area contributed by atoms with E-state index in [4.69, 9.17) is 9.47 Å². The van der Waals surface area contributed by atoms with Gasteiger partial charge in [0, 0.05) is 14.2 Å². The lowest BCUT2D eigenvalue weighted by Gasteiger charge is -2.25. The second-order valence-electron chi connectivity index (χ2n) is 3.17. The summed E-state index contributed by atoms with van der Waals surface area (Å²) in [5.41, 5.74) is 1.13. The van der Waals surface area contributed by atoms with E-state index < -0.39 is 0 Å². The fourth-order valence-electron chi connectivity index (χ4n) is 1.33. The van der Waals surface area contributed by atoms with Crippen LogP contribution in [0.25, 0.3) is 0 Å². The maximum atomic E-state index is 5.19. The minimum absolute atomic E-state index is 0.192. The number of rotatable bonds is 7. The predicted octanol–water partition coefficient (Wildman–Crippen LogP) is 1.55. The van der Waals surface area contributed by atoms with Crippen LogP contribution in [0.4, 0.5) is 0 Å². The van der Waals surface area contributed by atoms with Crippen LogP contribution in [0.1, 0.15) is 20.3 Å². The van der Waals surface area contributed by atoms with Crippen molar-refractivity contribution in [2.24, 2.45) is 0 Å². The van der Waals surface area contributed by atoms with Crippen molar-refractivity contribution in [3.63, 3.8) is 0 Å². The third-order valence-corrected chi connectivity index (χ3v) is 1.83. The molecule has 0 heterocycles. The van der Waals surface area contributed by atoms with E-state index in [0.717, 1.165) is 18.5 Å². The van der Waals surface area contributed by atoms with Crippen molar-refractivity contribution in [2.75, 3.05) is 20.8 Å². The average Bonchev–Trinajstić information content (AvgIpc) is 2.05. The molecule has 0 bridgehead atoms. The van der Waals surface area contributed by atoms with Crippen LogP contribution in [0, 0.1) is 0 Å². The van der Waals surface area contributed by atoms with Crippen LogP contribution in [0.3, 0.4) is 0 Å². The van der Waals surface area contributed by atoms with Gasteiger partial charge in [0.05, 0.1) is 6.04 Å². The fourth-order valence-corrected chi connectivity index (χ4v) is 1.33. The van der Waals surface area contributed by atoms with Crippen molar-refractivity contribution >= 4 is 0 Å². The lowest BCUT2D eigenvalue weighted by molar-refractivity contribution is -0.122. The van der Waals surface area contributed by atoms with Gasteiger partial charge < -0.3 is 14.8 Å². The molecular formula is C10H21NO2. The van der Waals surface area contributed by atoms with E-state index in [0.29, 0.717) is 0 Å². The first-order valence-electron chi connectivity index (χ1n) is 4.59. The summed E-state index contributed by atoms with van der Waals surface area (Å²) in [4.78, 5) is 0. The molecule has 0 aliphatic carbocycles. The number of nitrogens with one attached hydrogen (secondary N) is 1. The molecule has 0 saturated carbocycles. The van der Waals surface area contributed by atoms with Crippen molar-refractivity contribution in [3.8, 4) is 0 Å². The van der Waals surface area contributed by atoms with E-state index in [1.165, 1.54) is 0 Å². The van der Waals surface area contributed by atoms with Crippen molar-refractivity contribution in [1.82, 2.24) is 5.32 Å². The Balaban J connectivity index is 4.11. The normalized spacial score (nSPS) is 13.3. The molecule has 1 unspecified atom stereocenters. The zero-order chi connectivity index (χ0) is 10.3. The molecule has 0 saturated heterocycles. The Hall–Kier alpha value is -0.380. The first kappa shape index (κ1) is 12.6. The maximum absolute atomic E-state index is 5.19. The second kappa shape index (κ2) is 7.06. The minimum atomic E-state index is -0.198. The van der Waals surface area contributed by atoms with E-state index in [1.807, 2.05) is 6.92 Å². The highest BCUT2D eigenvalue weighted by molar-refractivity contribution is 4.93. The van der Waals surface area contributed by atoms with Crippen LogP contribution >= 0.6 is 0 Å². The molecular weight excluding hydrogens is 166 g/mol. The highest BCUT2D eigenvalue weighted by Gasteiger charge is 2.19. The van der Waals surface area contributed by atoms with Gasteiger partial charge >= 0.3 is 0 Å². The molecule has 78 valence electrons.